The Hall–Kier alpha value is -1.14. The Labute approximate surface area is 425 Å². The van der Waals surface area contributed by atoms with E-state index in [1.165, 1.54) is 26.3 Å². The van der Waals surface area contributed by atoms with Crippen LogP contribution in [0.1, 0.15) is 99.3 Å². The Bertz CT molecular complexity index is 1960. The van der Waals surface area contributed by atoms with Crippen molar-refractivity contribution in [3.63, 3.8) is 0 Å². The summed E-state index contributed by atoms with van der Waals surface area (Å²) in [5.74, 6) is -0.158. The molecule has 0 radical (unpaired) electrons. The zero-order valence-electron chi connectivity index (χ0n) is 42.6. The average molecular weight is 1050 g/mol. The first-order valence-corrected chi connectivity index (χ1v) is 26.8. The van der Waals surface area contributed by atoms with E-state index in [0.717, 1.165) is 38.5 Å². The van der Waals surface area contributed by atoms with Gasteiger partial charge in [-0.1, -0.05) is 32.4 Å². The molecule has 6 aliphatic heterocycles. The van der Waals surface area contributed by atoms with Crippen molar-refractivity contribution in [2.24, 2.45) is 40.4 Å². The molecule has 0 bridgehead atoms. The van der Waals surface area contributed by atoms with Gasteiger partial charge in [0.2, 0.25) is 0 Å². The third-order valence-electron chi connectivity index (χ3n) is 20.1. The Kier molecular flexibility index (Phi) is 15.5. The van der Waals surface area contributed by atoms with Gasteiger partial charge in [0.1, 0.15) is 85.0 Å². The van der Waals surface area contributed by atoms with Crippen LogP contribution in [0.4, 0.5) is 0 Å². The largest absolute Gasteiger partial charge is 0.396 e. The van der Waals surface area contributed by atoms with Crippen LogP contribution in [-0.2, 0) is 47.4 Å². The van der Waals surface area contributed by atoms with Crippen molar-refractivity contribution in [1.82, 2.24) is 0 Å². The van der Waals surface area contributed by atoms with Crippen LogP contribution in [0.3, 0.4) is 0 Å². The second kappa shape index (κ2) is 20.5. The molecule has 31 unspecified atom stereocenters. The van der Waals surface area contributed by atoms with Gasteiger partial charge in [0.25, 0.3) is 0 Å². The molecule has 0 aromatic heterocycles. The maximum absolute atomic E-state index is 12.9. The number of aliphatic hydroxyl groups is 12. The molecule has 6 heterocycles. The Morgan fingerprint density at radius 3 is 1.79 bits per heavy atom. The van der Waals surface area contributed by atoms with Crippen LogP contribution in [0.2, 0.25) is 0 Å². The van der Waals surface area contributed by atoms with E-state index in [-0.39, 0.29) is 41.3 Å². The first kappa shape index (κ1) is 55.2. The number of aliphatic hydroxyl groups excluding tert-OH is 11. The number of hydrogen-bond acceptors (Lipinski definition) is 22. The monoisotopic (exact) mass is 1050 g/mol. The first-order valence-electron chi connectivity index (χ1n) is 26.8. The van der Waals surface area contributed by atoms with Crippen LogP contribution < -0.4 is 0 Å². The maximum atomic E-state index is 12.9. The van der Waals surface area contributed by atoms with Crippen molar-refractivity contribution in [3.8, 4) is 0 Å². The van der Waals surface area contributed by atoms with E-state index in [4.69, 9.17) is 47.4 Å². The van der Waals surface area contributed by atoms with Gasteiger partial charge < -0.3 is 109 Å². The lowest BCUT2D eigenvalue weighted by atomic mass is 9.46. The summed E-state index contributed by atoms with van der Waals surface area (Å²) >= 11 is 0. The quantitative estimate of drug-likeness (QED) is 0.107. The molecular weight excluding hydrogens is 965 g/mol. The van der Waals surface area contributed by atoms with Gasteiger partial charge in [-0.2, -0.15) is 0 Å². The van der Waals surface area contributed by atoms with E-state index in [9.17, 15) is 61.3 Å². The molecule has 6 saturated heterocycles. The van der Waals surface area contributed by atoms with Crippen molar-refractivity contribution < 1.29 is 109 Å². The summed E-state index contributed by atoms with van der Waals surface area (Å²) in [6.07, 6.45) is -22.0. The summed E-state index contributed by atoms with van der Waals surface area (Å²) in [6, 6.07) is 0. The molecule has 0 aromatic carbocycles. The molecule has 418 valence electrons. The summed E-state index contributed by atoms with van der Waals surface area (Å²) in [4.78, 5) is 0. The van der Waals surface area contributed by atoms with E-state index in [2.05, 4.69) is 26.8 Å². The van der Waals surface area contributed by atoms with Crippen LogP contribution in [-0.4, -0.2) is 228 Å². The summed E-state index contributed by atoms with van der Waals surface area (Å²) in [6.45, 7) is 10.8. The van der Waals surface area contributed by atoms with Gasteiger partial charge in [0.15, 0.2) is 30.9 Å². The molecular formula is C51H82O22. The van der Waals surface area contributed by atoms with Gasteiger partial charge in [0, 0.05) is 30.3 Å². The highest BCUT2D eigenvalue weighted by Gasteiger charge is 2.76. The van der Waals surface area contributed by atoms with Gasteiger partial charge >= 0.3 is 0 Å². The van der Waals surface area contributed by atoms with Crippen LogP contribution >= 0.6 is 0 Å². The molecule has 10 rings (SSSR count). The molecule has 31 atom stereocenters. The summed E-state index contributed by atoms with van der Waals surface area (Å²) in [5, 5.41) is 132. The molecule has 0 aromatic rings. The highest BCUT2D eigenvalue weighted by Crippen LogP contribution is 2.72. The Balaban J connectivity index is 0.839. The van der Waals surface area contributed by atoms with Crippen LogP contribution in [0, 0.1) is 40.4 Å². The van der Waals surface area contributed by atoms with E-state index in [1.807, 2.05) is 0 Å². The van der Waals surface area contributed by atoms with Gasteiger partial charge in [0.05, 0.1) is 43.7 Å². The van der Waals surface area contributed by atoms with E-state index in [0.29, 0.717) is 37.7 Å². The number of hydrogen-bond donors (Lipinski definition) is 12. The van der Waals surface area contributed by atoms with Gasteiger partial charge in [-0.15, -0.1) is 0 Å². The summed E-state index contributed by atoms with van der Waals surface area (Å²) in [5.41, 5.74) is -0.389. The van der Waals surface area contributed by atoms with Crippen LogP contribution in [0.25, 0.3) is 0 Å². The minimum atomic E-state index is -1.87. The molecule has 12 N–H and O–H groups in total. The zero-order chi connectivity index (χ0) is 52.4. The van der Waals surface area contributed by atoms with Gasteiger partial charge in [-0.25, -0.2) is 0 Å². The van der Waals surface area contributed by atoms with Gasteiger partial charge in [-0.05, 0) is 95.3 Å². The highest BCUT2D eigenvalue weighted by molar-refractivity contribution is 5.29. The number of allylic oxidation sites excluding steroid dienone is 1. The third-order valence-corrected chi connectivity index (χ3v) is 20.1. The lowest BCUT2D eigenvalue weighted by molar-refractivity contribution is -0.394. The molecule has 1 spiro atoms. The Morgan fingerprint density at radius 2 is 1.19 bits per heavy atom. The predicted octanol–water partition coefficient (Wildman–Crippen LogP) is -1.82. The van der Waals surface area contributed by atoms with Crippen molar-refractivity contribution in [2.45, 2.75) is 246 Å². The highest BCUT2D eigenvalue weighted by atomic mass is 16.8. The molecule has 22 nitrogen and oxygen atoms in total. The molecule has 10 aliphatic rings. The van der Waals surface area contributed by atoms with Gasteiger partial charge in [-0.3, -0.25) is 0 Å². The molecule has 9 fully saturated rings. The summed E-state index contributed by atoms with van der Waals surface area (Å²) < 4.78 is 61.8. The fourth-order valence-electron chi connectivity index (χ4n) is 15.4. The van der Waals surface area contributed by atoms with Crippen molar-refractivity contribution in [3.05, 3.63) is 11.6 Å². The fourth-order valence-corrected chi connectivity index (χ4v) is 15.4. The number of rotatable bonds is 10. The van der Waals surface area contributed by atoms with E-state index >= 15 is 0 Å². The smallest absolute Gasteiger partial charge is 0.187 e. The second-order valence-corrected chi connectivity index (χ2v) is 23.9. The zero-order valence-corrected chi connectivity index (χ0v) is 42.6. The lowest BCUT2D eigenvalue weighted by Crippen LogP contribution is -2.67. The SMILES string of the molecule is CC1OC(OC2C(C)OC(OC3C(CO)OC(OC4CCC5(C)C(=CCC6C5CCC5(C)C6CC6OC7(CCC(CO)CO7)C(C)C65O)C4)C(OC4OC(C)C(O)C(O)C4O)C3O)C(O)C2O)C(O)C(O)C1O. The molecule has 22 heteroatoms. The molecule has 0 amide bonds. The van der Waals surface area contributed by atoms with E-state index < -0.39 is 147 Å². The second-order valence-electron chi connectivity index (χ2n) is 23.9. The fraction of sp³-hybridized carbons (Fsp3) is 0.961. The molecule has 3 saturated carbocycles. The topological polar surface area (TPSA) is 335 Å². The van der Waals surface area contributed by atoms with Crippen molar-refractivity contribution in [1.29, 1.82) is 0 Å². The first-order chi connectivity index (χ1) is 34.5. The van der Waals surface area contributed by atoms with E-state index in [1.54, 1.807) is 0 Å². The standard InChI is InChI=1S/C51H82O22/c1-20-32(54)34(56)37(59)44(65-20)70-41-22(3)67-46(39(61)36(41)58)71-42-30(18-53)69-47(43(40(42)62)72-45-38(60)35(57)33(55)21(2)66-45)68-26-10-12-48(5)25(15-26)7-8-27-28(48)11-13-49(6)29(27)16-31-51(49,63)23(4)50(73-31)14-9-24(17-52)19-64-50/h7,20-24,26-47,52-63H,8-19H2,1-6H3. The van der Waals surface area contributed by atoms with Crippen LogP contribution in [0.15, 0.2) is 11.6 Å². The third kappa shape index (κ3) is 8.94. The number of fused-ring (bicyclic) bond motifs is 7. The predicted molar refractivity (Wildman–Crippen MR) is 247 cm³/mol. The maximum Gasteiger partial charge on any atom is 0.187 e. The van der Waals surface area contributed by atoms with Crippen LogP contribution in [0.5, 0.6) is 0 Å². The number of ether oxygens (including phenoxy) is 10. The minimum Gasteiger partial charge on any atom is -0.396 e. The minimum absolute atomic E-state index is 0.0661. The molecule has 4 aliphatic carbocycles. The normalized spacial score (nSPS) is 58.2. The van der Waals surface area contributed by atoms with Crippen molar-refractivity contribution in [2.75, 3.05) is 19.8 Å². The Morgan fingerprint density at radius 1 is 0.589 bits per heavy atom. The molecule has 73 heavy (non-hydrogen) atoms. The summed E-state index contributed by atoms with van der Waals surface area (Å²) in [7, 11) is 0. The van der Waals surface area contributed by atoms with Crippen molar-refractivity contribution >= 4 is 0 Å². The average Bonchev–Trinajstić information content (AvgIpc) is 3.73. The lowest BCUT2D eigenvalue weighted by Gasteiger charge is -2.60.